The maximum Gasteiger partial charge on any atom is 0.138 e. The van der Waals surface area contributed by atoms with Crippen LogP contribution in [0.1, 0.15) is 25.8 Å². The summed E-state index contributed by atoms with van der Waals surface area (Å²) in [6.07, 6.45) is 0.852. The first kappa shape index (κ1) is 13.2. The summed E-state index contributed by atoms with van der Waals surface area (Å²) in [6.45, 7) is 4.05. The maximum absolute atomic E-state index is 11.7. The summed E-state index contributed by atoms with van der Waals surface area (Å²) in [5.41, 5.74) is 6.81. The fourth-order valence-corrected chi connectivity index (χ4v) is 1.66. The second-order valence-corrected chi connectivity index (χ2v) is 4.89. The summed E-state index contributed by atoms with van der Waals surface area (Å²) in [4.78, 5) is 11.7. The number of hydrogen-bond acceptors (Lipinski definition) is 2. The molecule has 1 rings (SSSR count). The van der Waals surface area contributed by atoms with E-state index >= 15 is 0 Å². The number of carbonyl (C=O) groups is 1. The molecule has 1 aromatic carbocycles. The van der Waals surface area contributed by atoms with E-state index < -0.39 is 0 Å². The van der Waals surface area contributed by atoms with Crippen LogP contribution in [0.15, 0.2) is 24.3 Å². The fraction of sp³-hybridized carbons (Fsp3) is 0.462. The van der Waals surface area contributed by atoms with Crippen molar-refractivity contribution in [3.05, 3.63) is 34.9 Å². The number of ketones is 1. The Hall–Kier alpha value is -0.860. The van der Waals surface area contributed by atoms with Crippen molar-refractivity contribution >= 4 is 17.4 Å². The van der Waals surface area contributed by atoms with Crippen LogP contribution in [0.4, 0.5) is 0 Å². The van der Waals surface area contributed by atoms with Gasteiger partial charge < -0.3 is 5.73 Å². The summed E-state index contributed by atoms with van der Waals surface area (Å²) >= 11 is 5.85. The minimum atomic E-state index is -0.0494. The van der Waals surface area contributed by atoms with Gasteiger partial charge in [-0.3, -0.25) is 4.79 Å². The number of nitrogens with two attached hydrogens (primary N) is 1. The smallest absolute Gasteiger partial charge is 0.138 e. The minimum Gasteiger partial charge on any atom is -0.327 e. The van der Waals surface area contributed by atoms with Gasteiger partial charge in [-0.05, 0) is 23.6 Å². The van der Waals surface area contributed by atoms with Gasteiger partial charge in [-0.2, -0.15) is 0 Å². The quantitative estimate of drug-likeness (QED) is 0.859. The third-order valence-corrected chi connectivity index (χ3v) is 2.85. The Morgan fingerprint density at radius 2 is 2.12 bits per heavy atom. The Balaban J connectivity index is 2.52. The standard InChI is InChI=1S/C13H18ClNO/c1-9(2)13(15)8-12(16)7-10-4-3-5-11(14)6-10/h3-6,9,13H,7-8,15H2,1-2H3. The topological polar surface area (TPSA) is 43.1 Å². The zero-order chi connectivity index (χ0) is 12.1. The van der Waals surface area contributed by atoms with E-state index in [2.05, 4.69) is 0 Å². The average molecular weight is 240 g/mol. The molecule has 16 heavy (non-hydrogen) atoms. The molecule has 0 bridgehead atoms. The molecule has 1 aromatic rings. The lowest BCUT2D eigenvalue weighted by atomic mass is 9.97. The van der Waals surface area contributed by atoms with Gasteiger partial charge in [-0.1, -0.05) is 37.6 Å². The van der Waals surface area contributed by atoms with Crippen molar-refractivity contribution in [2.75, 3.05) is 0 Å². The predicted molar refractivity (Wildman–Crippen MR) is 67.6 cm³/mol. The second kappa shape index (κ2) is 6.02. The van der Waals surface area contributed by atoms with Crippen LogP contribution in [-0.2, 0) is 11.2 Å². The number of Topliss-reactive ketones (excluding diaryl/α,β-unsaturated/α-hetero) is 1. The van der Waals surface area contributed by atoms with E-state index in [9.17, 15) is 4.79 Å². The predicted octanol–water partition coefficient (Wildman–Crippen LogP) is 2.83. The average Bonchev–Trinajstić information content (AvgIpc) is 2.16. The number of benzene rings is 1. The molecule has 0 aliphatic carbocycles. The molecule has 2 nitrogen and oxygen atoms in total. The van der Waals surface area contributed by atoms with Crippen molar-refractivity contribution in [2.24, 2.45) is 11.7 Å². The van der Waals surface area contributed by atoms with E-state index in [1.54, 1.807) is 6.07 Å². The van der Waals surface area contributed by atoms with Crippen molar-refractivity contribution < 1.29 is 4.79 Å². The molecule has 0 radical (unpaired) electrons. The summed E-state index contributed by atoms with van der Waals surface area (Å²) in [6, 6.07) is 7.33. The van der Waals surface area contributed by atoms with Crippen LogP contribution < -0.4 is 5.73 Å². The van der Waals surface area contributed by atoms with E-state index in [1.807, 2.05) is 32.0 Å². The van der Waals surface area contributed by atoms with E-state index in [-0.39, 0.29) is 11.8 Å². The molecule has 0 spiro atoms. The van der Waals surface area contributed by atoms with Gasteiger partial charge in [-0.15, -0.1) is 0 Å². The largest absolute Gasteiger partial charge is 0.327 e. The van der Waals surface area contributed by atoms with E-state index in [0.29, 0.717) is 23.8 Å². The van der Waals surface area contributed by atoms with Crippen molar-refractivity contribution in [3.8, 4) is 0 Å². The van der Waals surface area contributed by atoms with E-state index in [0.717, 1.165) is 5.56 Å². The molecule has 0 aromatic heterocycles. The molecule has 0 amide bonds. The normalized spacial score (nSPS) is 12.8. The molecular weight excluding hydrogens is 222 g/mol. The van der Waals surface area contributed by atoms with Crippen LogP contribution in [-0.4, -0.2) is 11.8 Å². The third-order valence-electron chi connectivity index (χ3n) is 2.61. The molecule has 1 atom stereocenters. The molecule has 0 heterocycles. The Kier molecular flexibility index (Phi) is 4.97. The van der Waals surface area contributed by atoms with Crippen molar-refractivity contribution in [3.63, 3.8) is 0 Å². The van der Waals surface area contributed by atoms with Crippen molar-refractivity contribution in [1.29, 1.82) is 0 Å². The van der Waals surface area contributed by atoms with E-state index in [1.165, 1.54) is 0 Å². The molecular formula is C13H18ClNO. The van der Waals surface area contributed by atoms with Crippen LogP contribution in [0.2, 0.25) is 5.02 Å². The first-order valence-corrected chi connectivity index (χ1v) is 5.88. The fourth-order valence-electron chi connectivity index (χ4n) is 1.45. The number of hydrogen-bond donors (Lipinski definition) is 1. The van der Waals surface area contributed by atoms with Crippen molar-refractivity contribution in [2.45, 2.75) is 32.7 Å². The highest BCUT2D eigenvalue weighted by molar-refractivity contribution is 6.30. The van der Waals surface area contributed by atoms with Gasteiger partial charge in [0.1, 0.15) is 5.78 Å². The van der Waals surface area contributed by atoms with Gasteiger partial charge in [0, 0.05) is 23.9 Å². The van der Waals surface area contributed by atoms with Gasteiger partial charge in [0.2, 0.25) is 0 Å². The second-order valence-electron chi connectivity index (χ2n) is 4.46. The Labute approximate surface area is 102 Å². The van der Waals surface area contributed by atoms with Gasteiger partial charge in [0.05, 0.1) is 0 Å². The van der Waals surface area contributed by atoms with Crippen LogP contribution >= 0.6 is 11.6 Å². The first-order chi connectivity index (χ1) is 7.49. The van der Waals surface area contributed by atoms with Crippen LogP contribution in [0.3, 0.4) is 0 Å². The molecule has 3 heteroatoms. The van der Waals surface area contributed by atoms with E-state index in [4.69, 9.17) is 17.3 Å². The van der Waals surface area contributed by atoms with Gasteiger partial charge >= 0.3 is 0 Å². The van der Waals surface area contributed by atoms with Gasteiger partial charge in [-0.25, -0.2) is 0 Å². The lowest BCUT2D eigenvalue weighted by molar-refractivity contribution is -0.118. The Morgan fingerprint density at radius 3 is 2.69 bits per heavy atom. The lowest BCUT2D eigenvalue weighted by Crippen LogP contribution is -2.29. The summed E-state index contributed by atoms with van der Waals surface area (Å²) in [5, 5.41) is 0.665. The molecule has 0 aliphatic rings. The maximum atomic E-state index is 11.7. The zero-order valence-electron chi connectivity index (χ0n) is 9.74. The molecule has 2 N–H and O–H groups in total. The highest BCUT2D eigenvalue weighted by atomic mass is 35.5. The summed E-state index contributed by atoms with van der Waals surface area (Å²) in [5.74, 6) is 0.506. The highest BCUT2D eigenvalue weighted by Gasteiger charge is 2.13. The Bertz CT molecular complexity index is 363. The number of carbonyl (C=O) groups excluding carboxylic acids is 1. The summed E-state index contributed by atoms with van der Waals surface area (Å²) in [7, 11) is 0. The molecule has 0 saturated carbocycles. The number of rotatable bonds is 5. The van der Waals surface area contributed by atoms with Gasteiger partial charge in [0.25, 0.3) is 0 Å². The van der Waals surface area contributed by atoms with Crippen molar-refractivity contribution in [1.82, 2.24) is 0 Å². The highest BCUT2D eigenvalue weighted by Crippen LogP contribution is 2.13. The molecule has 0 aliphatic heterocycles. The first-order valence-electron chi connectivity index (χ1n) is 5.50. The van der Waals surface area contributed by atoms with Crippen LogP contribution in [0.25, 0.3) is 0 Å². The third kappa shape index (κ3) is 4.33. The summed E-state index contributed by atoms with van der Waals surface area (Å²) < 4.78 is 0. The SMILES string of the molecule is CC(C)C(N)CC(=O)Cc1cccc(Cl)c1. The molecule has 0 saturated heterocycles. The van der Waals surface area contributed by atoms with Gasteiger partial charge in [0.15, 0.2) is 0 Å². The van der Waals surface area contributed by atoms with Crippen LogP contribution in [0, 0.1) is 5.92 Å². The molecule has 88 valence electrons. The van der Waals surface area contributed by atoms with Crippen LogP contribution in [0.5, 0.6) is 0 Å². The minimum absolute atomic E-state index is 0.0494. The monoisotopic (exact) mass is 239 g/mol. The Morgan fingerprint density at radius 1 is 1.44 bits per heavy atom. The lowest BCUT2D eigenvalue weighted by Gasteiger charge is -2.14. The zero-order valence-corrected chi connectivity index (χ0v) is 10.5. The molecule has 1 unspecified atom stereocenters. The number of halogens is 1. The molecule has 0 fully saturated rings.